The molecule has 6 nitrogen and oxygen atoms in total. The number of benzene rings is 3. The maximum absolute atomic E-state index is 13.2. The number of nitrogens with one attached hydrogen (secondary N) is 1. The molecule has 2 aliphatic rings. The molecular weight excluding hydrogens is 408 g/mol. The van der Waals surface area contributed by atoms with Gasteiger partial charge in [-0.05, 0) is 17.7 Å². The second-order valence-electron chi connectivity index (χ2n) is 7.09. The molecule has 0 saturated heterocycles. The number of amides is 1. The van der Waals surface area contributed by atoms with Crippen LogP contribution in [0.15, 0.2) is 89.0 Å². The Morgan fingerprint density at radius 3 is 2.58 bits per heavy atom. The maximum Gasteiger partial charge on any atom is 0.276 e. The number of amidine groups is 1. The van der Waals surface area contributed by atoms with E-state index in [4.69, 9.17) is 14.8 Å². The highest BCUT2D eigenvalue weighted by Gasteiger charge is 2.35. The van der Waals surface area contributed by atoms with Crippen molar-refractivity contribution in [3.8, 4) is 5.75 Å². The van der Waals surface area contributed by atoms with Crippen molar-refractivity contribution in [1.29, 1.82) is 0 Å². The molecule has 3 aromatic rings. The van der Waals surface area contributed by atoms with Crippen molar-refractivity contribution >= 4 is 28.5 Å². The fraction of sp³-hybridized carbons (Fsp3) is 0.125. The van der Waals surface area contributed by atoms with Crippen molar-refractivity contribution in [3.63, 3.8) is 0 Å². The van der Waals surface area contributed by atoms with Crippen LogP contribution in [0.25, 0.3) is 5.70 Å². The number of nitrogens with zero attached hydrogens (tertiary/aromatic N) is 3. The van der Waals surface area contributed by atoms with E-state index in [1.807, 2.05) is 66.7 Å². The van der Waals surface area contributed by atoms with Gasteiger partial charge in [0, 0.05) is 16.5 Å². The lowest BCUT2D eigenvalue weighted by atomic mass is 10.1. The van der Waals surface area contributed by atoms with E-state index >= 15 is 0 Å². The Balaban J connectivity index is 1.60. The van der Waals surface area contributed by atoms with Crippen LogP contribution < -0.4 is 20.6 Å². The summed E-state index contributed by atoms with van der Waals surface area (Å²) in [4.78, 5) is 18.1. The summed E-state index contributed by atoms with van der Waals surface area (Å²) < 4.78 is 5.58. The molecular formula is C24H20N4O2S. The molecule has 7 heteroatoms. The van der Waals surface area contributed by atoms with Gasteiger partial charge in [-0.25, -0.2) is 5.01 Å². The molecule has 0 saturated carbocycles. The Morgan fingerprint density at radius 1 is 1.00 bits per heavy atom. The van der Waals surface area contributed by atoms with Crippen LogP contribution in [0.3, 0.4) is 0 Å². The van der Waals surface area contributed by atoms with E-state index in [-0.39, 0.29) is 5.91 Å². The van der Waals surface area contributed by atoms with Crippen molar-refractivity contribution < 1.29 is 9.53 Å². The molecule has 5 rings (SSSR count). The topological polar surface area (TPSA) is 66.3 Å². The van der Waals surface area contributed by atoms with Gasteiger partial charge in [-0.15, -0.1) is 5.10 Å². The van der Waals surface area contributed by atoms with Crippen LogP contribution in [0, 0.1) is 0 Å². The Labute approximate surface area is 184 Å². The highest BCUT2D eigenvalue weighted by Crippen LogP contribution is 2.35. The first-order valence-electron chi connectivity index (χ1n) is 9.90. The monoisotopic (exact) mass is 428 g/mol. The molecule has 0 spiro atoms. The minimum absolute atomic E-state index is 0.187. The largest absolute Gasteiger partial charge is 0.496 e. The number of ether oxygens (including phenoxy) is 1. The van der Waals surface area contributed by atoms with Crippen molar-refractivity contribution in [3.05, 3.63) is 101 Å². The van der Waals surface area contributed by atoms with E-state index in [2.05, 4.69) is 17.4 Å². The second-order valence-corrected chi connectivity index (χ2v) is 8.05. The normalized spacial score (nSPS) is 17.1. The van der Waals surface area contributed by atoms with Crippen LogP contribution in [0.1, 0.15) is 17.3 Å². The first-order chi connectivity index (χ1) is 15.2. The molecule has 154 valence electrons. The van der Waals surface area contributed by atoms with Gasteiger partial charge in [0.05, 0.1) is 12.5 Å². The summed E-state index contributed by atoms with van der Waals surface area (Å²) in [6.45, 7) is 0. The third kappa shape index (κ3) is 3.68. The summed E-state index contributed by atoms with van der Waals surface area (Å²) >= 11 is 1.49. The number of hydrogen-bond donors (Lipinski definition) is 1. The van der Waals surface area contributed by atoms with Crippen molar-refractivity contribution in [2.24, 2.45) is 10.1 Å². The van der Waals surface area contributed by atoms with Crippen LogP contribution in [-0.4, -0.2) is 23.2 Å². The van der Waals surface area contributed by atoms with Crippen molar-refractivity contribution in [1.82, 2.24) is 10.3 Å². The third-order valence-corrected chi connectivity index (χ3v) is 6.09. The number of carbonyl (C=O) groups excluding carboxylic acids is 1. The van der Waals surface area contributed by atoms with Gasteiger partial charge in [0.25, 0.3) is 5.91 Å². The second kappa shape index (κ2) is 8.28. The van der Waals surface area contributed by atoms with Crippen molar-refractivity contribution in [2.75, 3.05) is 7.11 Å². The number of para-hydroxylation sites is 2. The summed E-state index contributed by atoms with van der Waals surface area (Å²) in [6.07, 6.45) is -0.501. The van der Waals surface area contributed by atoms with Gasteiger partial charge in [0.15, 0.2) is 11.3 Å². The molecule has 2 aliphatic heterocycles. The fourth-order valence-corrected chi connectivity index (χ4v) is 4.51. The van der Waals surface area contributed by atoms with E-state index in [9.17, 15) is 4.79 Å². The van der Waals surface area contributed by atoms with Gasteiger partial charge in [-0.3, -0.25) is 15.1 Å². The molecule has 1 N–H and O–H groups in total. The number of methoxy groups -OCH3 is 1. The molecule has 1 amide bonds. The molecule has 1 atom stereocenters. The van der Waals surface area contributed by atoms with E-state index in [0.717, 1.165) is 21.7 Å². The Bertz CT molecular complexity index is 1290. The lowest BCUT2D eigenvalue weighted by Crippen LogP contribution is -2.50. The third-order valence-electron chi connectivity index (χ3n) is 5.15. The molecule has 0 aromatic heterocycles. The van der Waals surface area contributed by atoms with Gasteiger partial charge in [0.2, 0.25) is 0 Å². The average Bonchev–Trinajstić information content (AvgIpc) is 2.82. The van der Waals surface area contributed by atoms with Crippen molar-refractivity contribution in [2.45, 2.75) is 11.9 Å². The number of fused-ring (bicyclic) bond motifs is 2. The minimum Gasteiger partial charge on any atom is -0.496 e. The smallest absolute Gasteiger partial charge is 0.276 e. The predicted octanol–water partition coefficient (Wildman–Crippen LogP) is 2.77. The Hall–Kier alpha value is -3.58. The molecule has 0 aliphatic carbocycles. The van der Waals surface area contributed by atoms with Gasteiger partial charge in [-0.1, -0.05) is 78.5 Å². The number of thioether (sulfide) groups is 1. The van der Waals surface area contributed by atoms with Crippen LogP contribution in [0.4, 0.5) is 0 Å². The molecule has 0 fully saturated rings. The zero-order chi connectivity index (χ0) is 21.2. The number of rotatable bonds is 4. The molecule has 0 radical (unpaired) electrons. The zero-order valence-electron chi connectivity index (χ0n) is 16.9. The summed E-state index contributed by atoms with van der Waals surface area (Å²) in [6, 6.07) is 25.4. The number of carbonyl (C=O) groups is 1. The highest BCUT2D eigenvalue weighted by atomic mass is 32.2. The van der Waals surface area contributed by atoms with Crippen LogP contribution >= 0.6 is 11.8 Å². The summed E-state index contributed by atoms with van der Waals surface area (Å²) in [5.41, 5.74) is 2.50. The van der Waals surface area contributed by atoms with E-state index in [1.54, 1.807) is 12.1 Å². The molecule has 0 unspecified atom stereocenters. The first kappa shape index (κ1) is 19.4. The van der Waals surface area contributed by atoms with Gasteiger partial charge >= 0.3 is 0 Å². The van der Waals surface area contributed by atoms with E-state index in [1.165, 1.54) is 11.8 Å². The summed E-state index contributed by atoms with van der Waals surface area (Å²) in [5, 5.41) is 11.5. The molecule has 31 heavy (non-hydrogen) atoms. The highest BCUT2D eigenvalue weighted by molar-refractivity contribution is 8.13. The fourth-order valence-electron chi connectivity index (χ4n) is 3.70. The SMILES string of the molecule is COc1ccccc1[C@@H]1N=c2ccccc2=C2C(=O)NC(SCc3ccccc3)=NN21. The lowest BCUT2D eigenvalue weighted by Gasteiger charge is -2.34. The van der Waals surface area contributed by atoms with Crippen LogP contribution in [-0.2, 0) is 10.5 Å². The standard InChI is InChI=1S/C24H20N4O2S/c1-30-20-14-8-6-12-18(20)22-25-19-13-7-5-11-17(19)21-23(29)26-24(27-28(21)22)31-15-16-9-3-2-4-10-16/h2-14,22H,15H2,1H3,(H,26,27,29)/t22-/m1/s1. The van der Waals surface area contributed by atoms with Crippen LogP contribution in [0.5, 0.6) is 5.75 Å². The zero-order valence-corrected chi connectivity index (χ0v) is 17.7. The van der Waals surface area contributed by atoms with Gasteiger partial charge in [-0.2, -0.15) is 0 Å². The van der Waals surface area contributed by atoms with E-state index < -0.39 is 6.17 Å². The van der Waals surface area contributed by atoms with Crippen LogP contribution in [0.2, 0.25) is 0 Å². The predicted molar refractivity (Wildman–Crippen MR) is 122 cm³/mol. The van der Waals surface area contributed by atoms with E-state index in [0.29, 0.717) is 22.4 Å². The molecule has 3 aromatic carbocycles. The quantitative estimate of drug-likeness (QED) is 0.694. The lowest BCUT2D eigenvalue weighted by molar-refractivity contribution is -0.116. The van der Waals surface area contributed by atoms with Gasteiger partial charge < -0.3 is 4.74 Å². The molecule has 2 heterocycles. The number of hydrazone groups is 1. The summed E-state index contributed by atoms with van der Waals surface area (Å²) in [5.74, 6) is 1.22. The maximum atomic E-state index is 13.2. The Morgan fingerprint density at radius 2 is 1.74 bits per heavy atom. The Kier molecular flexibility index (Phi) is 5.18. The minimum atomic E-state index is -0.501. The summed E-state index contributed by atoms with van der Waals surface area (Å²) in [7, 11) is 1.63. The van der Waals surface area contributed by atoms with Gasteiger partial charge in [0.1, 0.15) is 11.4 Å². The number of hydrogen-bond acceptors (Lipinski definition) is 6. The average molecular weight is 429 g/mol. The first-order valence-corrected chi connectivity index (χ1v) is 10.9. The molecule has 0 bridgehead atoms.